The summed E-state index contributed by atoms with van der Waals surface area (Å²) < 4.78 is 5.79. The molecule has 5 nitrogen and oxygen atoms in total. The molecule has 2 amide bonds. The molecule has 5 heteroatoms. The van der Waals surface area contributed by atoms with Crippen LogP contribution < -0.4 is 10.6 Å². The largest absolute Gasteiger partial charge is 0.459 e. The second kappa shape index (κ2) is 8.06. The highest BCUT2D eigenvalue weighted by molar-refractivity contribution is 5.78. The molecule has 0 fully saturated rings. The van der Waals surface area contributed by atoms with Gasteiger partial charge in [0.1, 0.15) is 11.3 Å². The molecule has 0 aliphatic rings. The molecule has 136 valence electrons. The van der Waals surface area contributed by atoms with Crippen molar-refractivity contribution in [1.29, 1.82) is 0 Å². The number of carbonyl (C=O) groups excluding carboxylic acids is 1. The molecule has 1 atom stereocenters. The zero-order chi connectivity index (χ0) is 18.5. The van der Waals surface area contributed by atoms with E-state index in [2.05, 4.69) is 27.7 Å². The lowest BCUT2D eigenvalue weighted by molar-refractivity contribution is 0.236. The number of rotatable bonds is 6. The Morgan fingerprint density at radius 3 is 2.46 bits per heavy atom. The number of hydrogen-bond acceptors (Lipinski definition) is 3. The SMILES string of the molecule is CC(NC(=O)NCc1ccc(CN(C)C)cc1)c1cc2ccccc2o1. The van der Waals surface area contributed by atoms with Crippen molar-refractivity contribution in [2.24, 2.45) is 0 Å². The van der Waals surface area contributed by atoms with Crippen molar-refractivity contribution in [3.63, 3.8) is 0 Å². The number of furan rings is 1. The van der Waals surface area contributed by atoms with Gasteiger partial charge in [-0.2, -0.15) is 0 Å². The van der Waals surface area contributed by atoms with Crippen LogP contribution in [0.5, 0.6) is 0 Å². The maximum atomic E-state index is 12.2. The van der Waals surface area contributed by atoms with Gasteiger partial charge in [0.25, 0.3) is 0 Å². The Labute approximate surface area is 154 Å². The fourth-order valence-electron chi connectivity index (χ4n) is 2.84. The molecular weight excluding hydrogens is 326 g/mol. The van der Waals surface area contributed by atoms with E-state index in [9.17, 15) is 4.79 Å². The average Bonchev–Trinajstić information content (AvgIpc) is 3.05. The van der Waals surface area contributed by atoms with Crippen molar-refractivity contribution in [2.45, 2.75) is 26.1 Å². The van der Waals surface area contributed by atoms with Gasteiger partial charge in [0.05, 0.1) is 6.04 Å². The van der Waals surface area contributed by atoms with Gasteiger partial charge >= 0.3 is 6.03 Å². The van der Waals surface area contributed by atoms with Gasteiger partial charge in [0.2, 0.25) is 0 Å². The average molecular weight is 351 g/mol. The molecule has 3 aromatic rings. The zero-order valence-corrected chi connectivity index (χ0v) is 15.5. The van der Waals surface area contributed by atoms with Crippen LogP contribution in [-0.2, 0) is 13.1 Å². The van der Waals surface area contributed by atoms with Crippen molar-refractivity contribution in [3.05, 3.63) is 71.5 Å². The first-order chi connectivity index (χ1) is 12.5. The number of fused-ring (bicyclic) bond motifs is 1. The Morgan fingerprint density at radius 1 is 1.08 bits per heavy atom. The molecule has 3 rings (SSSR count). The lowest BCUT2D eigenvalue weighted by Crippen LogP contribution is -2.36. The molecule has 0 saturated carbocycles. The minimum absolute atomic E-state index is 0.204. The van der Waals surface area contributed by atoms with E-state index in [-0.39, 0.29) is 12.1 Å². The van der Waals surface area contributed by atoms with Crippen molar-refractivity contribution >= 4 is 17.0 Å². The van der Waals surface area contributed by atoms with E-state index < -0.39 is 0 Å². The molecule has 0 bridgehead atoms. The summed E-state index contributed by atoms with van der Waals surface area (Å²) in [7, 11) is 4.09. The number of para-hydroxylation sites is 1. The van der Waals surface area contributed by atoms with E-state index in [0.29, 0.717) is 6.54 Å². The maximum absolute atomic E-state index is 12.2. The predicted molar refractivity (Wildman–Crippen MR) is 104 cm³/mol. The van der Waals surface area contributed by atoms with Gasteiger partial charge in [-0.25, -0.2) is 4.79 Å². The van der Waals surface area contributed by atoms with Crippen LogP contribution in [0.4, 0.5) is 4.79 Å². The fourth-order valence-corrected chi connectivity index (χ4v) is 2.84. The van der Waals surface area contributed by atoms with Crippen LogP contribution in [0.15, 0.2) is 59.0 Å². The van der Waals surface area contributed by atoms with Crippen LogP contribution in [0, 0.1) is 0 Å². The van der Waals surface area contributed by atoms with Gasteiger partial charge in [-0.05, 0) is 44.3 Å². The first-order valence-corrected chi connectivity index (χ1v) is 8.76. The van der Waals surface area contributed by atoms with Gasteiger partial charge in [-0.15, -0.1) is 0 Å². The summed E-state index contributed by atoms with van der Waals surface area (Å²) in [5, 5.41) is 6.84. The summed E-state index contributed by atoms with van der Waals surface area (Å²) in [5.41, 5.74) is 3.15. The highest BCUT2D eigenvalue weighted by atomic mass is 16.3. The first kappa shape index (κ1) is 18.0. The molecule has 2 N–H and O–H groups in total. The predicted octanol–water partition coefficient (Wildman–Crippen LogP) is 4.05. The van der Waals surface area contributed by atoms with Gasteiger partial charge in [0, 0.05) is 18.5 Å². The Hall–Kier alpha value is -2.79. The first-order valence-electron chi connectivity index (χ1n) is 8.76. The second-order valence-electron chi connectivity index (χ2n) is 6.79. The highest BCUT2D eigenvalue weighted by Gasteiger charge is 2.13. The summed E-state index contributed by atoms with van der Waals surface area (Å²) in [4.78, 5) is 14.3. The number of carbonyl (C=O) groups is 1. The van der Waals surface area contributed by atoms with Crippen LogP contribution in [0.3, 0.4) is 0 Å². The van der Waals surface area contributed by atoms with E-state index in [1.54, 1.807) is 0 Å². The topological polar surface area (TPSA) is 57.5 Å². The Morgan fingerprint density at radius 2 is 1.77 bits per heavy atom. The minimum Gasteiger partial charge on any atom is -0.459 e. The number of nitrogens with one attached hydrogen (secondary N) is 2. The number of hydrogen-bond donors (Lipinski definition) is 2. The summed E-state index contributed by atoms with van der Waals surface area (Å²) >= 11 is 0. The lowest BCUT2D eigenvalue weighted by atomic mass is 10.1. The molecule has 0 aliphatic heterocycles. The van der Waals surface area contributed by atoms with Crippen molar-refractivity contribution in [1.82, 2.24) is 15.5 Å². The molecule has 0 aliphatic carbocycles. The Balaban J connectivity index is 1.51. The number of nitrogens with zero attached hydrogens (tertiary/aromatic N) is 1. The van der Waals surface area contributed by atoms with Crippen LogP contribution in [0.1, 0.15) is 29.9 Å². The third-order valence-corrected chi connectivity index (χ3v) is 4.19. The smallest absolute Gasteiger partial charge is 0.315 e. The quantitative estimate of drug-likeness (QED) is 0.704. The van der Waals surface area contributed by atoms with E-state index in [4.69, 9.17) is 4.42 Å². The second-order valence-corrected chi connectivity index (χ2v) is 6.79. The fraction of sp³-hybridized carbons (Fsp3) is 0.286. The van der Waals surface area contributed by atoms with Crippen LogP contribution in [0.25, 0.3) is 11.0 Å². The van der Waals surface area contributed by atoms with Crippen molar-refractivity contribution in [2.75, 3.05) is 14.1 Å². The molecular formula is C21H25N3O2. The van der Waals surface area contributed by atoms with E-state index in [0.717, 1.165) is 28.8 Å². The third kappa shape index (κ3) is 4.64. The van der Waals surface area contributed by atoms with Crippen molar-refractivity contribution in [3.8, 4) is 0 Å². The molecule has 1 heterocycles. The highest BCUT2D eigenvalue weighted by Crippen LogP contribution is 2.23. The normalized spacial score (nSPS) is 12.3. The van der Waals surface area contributed by atoms with Gasteiger partial charge in [-0.3, -0.25) is 0 Å². The zero-order valence-electron chi connectivity index (χ0n) is 15.5. The summed E-state index contributed by atoms with van der Waals surface area (Å²) in [6.07, 6.45) is 0. The van der Waals surface area contributed by atoms with Gasteiger partial charge in [-0.1, -0.05) is 42.5 Å². The molecule has 0 radical (unpaired) electrons. The Kier molecular flexibility index (Phi) is 5.58. The standard InChI is InChI=1S/C21H25N3O2/c1-15(20-12-18-6-4-5-7-19(18)26-20)23-21(25)22-13-16-8-10-17(11-9-16)14-24(2)3/h4-12,15H,13-14H2,1-3H3,(H2,22,23,25). The minimum atomic E-state index is -0.213. The van der Waals surface area contributed by atoms with Gasteiger partial charge < -0.3 is 20.0 Å². The van der Waals surface area contributed by atoms with E-state index >= 15 is 0 Å². The third-order valence-electron chi connectivity index (χ3n) is 4.19. The monoisotopic (exact) mass is 351 g/mol. The summed E-state index contributed by atoms with van der Waals surface area (Å²) in [6, 6.07) is 17.6. The van der Waals surface area contributed by atoms with Gasteiger partial charge in [0.15, 0.2) is 0 Å². The summed E-state index contributed by atoms with van der Waals surface area (Å²) in [6.45, 7) is 3.30. The van der Waals surface area contributed by atoms with E-state index in [1.807, 2.05) is 63.5 Å². The van der Waals surface area contributed by atoms with Crippen LogP contribution in [-0.4, -0.2) is 25.0 Å². The number of amides is 2. The molecule has 0 saturated heterocycles. The van der Waals surface area contributed by atoms with E-state index in [1.165, 1.54) is 5.56 Å². The molecule has 2 aromatic carbocycles. The molecule has 26 heavy (non-hydrogen) atoms. The molecule has 0 spiro atoms. The van der Waals surface area contributed by atoms with Crippen molar-refractivity contribution < 1.29 is 9.21 Å². The molecule has 1 unspecified atom stereocenters. The Bertz CT molecular complexity index is 835. The number of urea groups is 1. The molecule has 1 aromatic heterocycles. The van der Waals surface area contributed by atoms with Crippen LogP contribution in [0.2, 0.25) is 0 Å². The number of benzene rings is 2. The van der Waals surface area contributed by atoms with Crippen LogP contribution >= 0.6 is 0 Å². The maximum Gasteiger partial charge on any atom is 0.315 e. The summed E-state index contributed by atoms with van der Waals surface area (Å²) in [5.74, 6) is 0.745. The lowest BCUT2D eigenvalue weighted by Gasteiger charge is -2.13.